The zero-order chi connectivity index (χ0) is 24.5. The molecule has 5 rings (SSSR count). The Hall–Kier alpha value is -3.14. The third-order valence-corrected chi connectivity index (χ3v) is 7.86. The summed E-state index contributed by atoms with van der Waals surface area (Å²) in [4.78, 5) is 36.7. The summed E-state index contributed by atoms with van der Waals surface area (Å²) in [7, 11) is 0. The molecule has 0 bridgehead atoms. The Morgan fingerprint density at radius 1 is 1.03 bits per heavy atom. The molecule has 4 heterocycles. The maximum absolute atomic E-state index is 13.8. The number of benzene rings is 1. The van der Waals surface area contributed by atoms with Crippen LogP contribution < -0.4 is 16.0 Å². The van der Waals surface area contributed by atoms with Crippen molar-refractivity contribution in [3.63, 3.8) is 0 Å². The van der Waals surface area contributed by atoms with Gasteiger partial charge in [-0.05, 0) is 43.3 Å². The third-order valence-electron chi connectivity index (χ3n) is 6.45. The molecule has 0 radical (unpaired) electrons. The van der Waals surface area contributed by atoms with E-state index in [1.54, 1.807) is 15.2 Å². The molecule has 1 aliphatic rings. The van der Waals surface area contributed by atoms with Gasteiger partial charge in [0.1, 0.15) is 17.0 Å². The van der Waals surface area contributed by atoms with Crippen molar-refractivity contribution in [3.05, 3.63) is 90.5 Å². The van der Waals surface area contributed by atoms with Gasteiger partial charge >= 0.3 is 0 Å². The molecule has 9 heteroatoms. The molecule has 180 valence electrons. The first-order chi connectivity index (χ1) is 17.0. The van der Waals surface area contributed by atoms with Crippen molar-refractivity contribution in [1.82, 2.24) is 18.9 Å². The molecular weight excluding hydrogens is 478 g/mol. The van der Waals surface area contributed by atoms with E-state index in [0.29, 0.717) is 32.4 Å². The SMILES string of the molecule is CCn1c(=O)cc(-c2c(N3CCN(Cc4ccccc4)CC3)nc3c(C)cccn3c2=O)sc1=S. The highest BCUT2D eigenvalue weighted by atomic mass is 32.1. The van der Waals surface area contributed by atoms with E-state index < -0.39 is 0 Å². The number of aryl methyl sites for hydroxylation is 1. The van der Waals surface area contributed by atoms with Crippen LogP contribution >= 0.6 is 23.6 Å². The van der Waals surface area contributed by atoms with Crippen LogP contribution in [0.1, 0.15) is 18.1 Å². The Morgan fingerprint density at radius 2 is 1.77 bits per heavy atom. The number of hydrogen-bond acceptors (Lipinski definition) is 7. The summed E-state index contributed by atoms with van der Waals surface area (Å²) in [6.07, 6.45) is 1.73. The Labute approximate surface area is 212 Å². The monoisotopic (exact) mass is 505 g/mol. The number of piperazine rings is 1. The number of pyridine rings is 1. The van der Waals surface area contributed by atoms with Gasteiger partial charge in [0.2, 0.25) is 0 Å². The first-order valence-electron chi connectivity index (χ1n) is 11.7. The van der Waals surface area contributed by atoms with Crippen molar-refractivity contribution in [2.45, 2.75) is 26.9 Å². The lowest BCUT2D eigenvalue weighted by Crippen LogP contribution is -2.47. The summed E-state index contributed by atoms with van der Waals surface area (Å²) in [5, 5.41) is 0. The van der Waals surface area contributed by atoms with E-state index in [1.165, 1.54) is 23.0 Å². The van der Waals surface area contributed by atoms with Crippen LogP contribution in [0.4, 0.5) is 5.82 Å². The predicted octanol–water partition coefficient (Wildman–Crippen LogP) is 3.96. The molecule has 1 aliphatic heterocycles. The van der Waals surface area contributed by atoms with Gasteiger partial charge < -0.3 is 4.90 Å². The normalized spacial score (nSPS) is 14.5. The molecule has 0 saturated carbocycles. The first kappa shape index (κ1) is 23.6. The predicted molar refractivity (Wildman–Crippen MR) is 144 cm³/mol. The second kappa shape index (κ2) is 9.85. The lowest BCUT2D eigenvalue weighted by molar-refractivity contribution is 0.249. The number of rotatable bonds is 5. The minimum absolute atomic E-state index is 0.181. The summed E-state index contributed by atoms with van der Waals surface area (Å²) in [5.41, 5.74) is 2.91. The largest absolute Gasteiger partial charge is 0.353 e. The van der Waals surface area contributed by atoms with Crippen LogP contribution in [0.5, 0.6) is 0 Å². The molecule has 0 unspecified atom stereocenters. The molecule has 7 nitrogen and oxygen atoms in total. The minimum atomic E-state index is -0.196. The third kappa shape index (κ3) is 4.59. The first-order valence-corrected chi connectivity index (χ1v) is 13.0. The zero-order valence-electron chi connectivity index (χ0n) is 19.8. The topological polar surface area (TPSA) is 62.9 Å². The number of nitrogens with zero attached hydrogens (tertiary/aromatic N) is 5. The summed E-state index contributed by atoms with van der Waals surface area (Å²) in [6, 6.07) is 15.8. The molecule has 35 heavy (non-hydrogen) atoms. The Morgan fingerprint density at radius 3 is 2.46 bits per heavy atom. The fourth-order valence-corrected chi connectivity index (χ4v) is 6.00. The maximum Gasteiger partial charge on any atom is 0.268 e. The van der Waals surface area contributed by atoms with Gasteiger partial charge in [-0.3, -0.25) is 23.5 Å². The fraction of sp³-hybridized carbons (Fsp3) is 0.308. The van der Waals surface area contributed by atoms with E-state index in [2.05, 4.69) is 34.1 Å². The molecular formula is C26H27N5O2S2. The van der Waals surface area contributed by atoms with Gasteiger partial charge in [0.25, 0.3) is 11.1 Å². The van der Waals surface area contributed by atoms with Gasteiger partial charge in [0.05, 0.1) is 4.88 Å². The zero-order valence-corrected chi connectivity index (χ0v) is 21.4. The molecule has 0 amide bonds. The smallest absolute Gasteiger partial charge is 0.268 e. The van der Waals surface area contributed by atoms with Crippen molar-refractivity contribution in [3.8, 4) is 10.4 Å². The average molecular weight is 506 g/mol. The van der Waals surface area contributed by atoms with Crippen LogP contribution in [0.2, 0.25) is 0 Å². The van der Waals surface area contributed by atoms with Gasteiger partial charge in [-0.15, -0.1) is 11.3 Å². The molecule has 0 aliphatic carbocycles. The van der Waals surface area contributed by atoms with E-state index in [9.17, 15) is 9.59 Å². The lowest BCUT2D eigenvalue weighted by Gasteiger charge is -2.36. The lowest BCUT2D eigenvalue weighted by atomic mass is 10.1. The summed E-state index contributed by atoms with van der Waals surface area (Å²) < 4.78 is 3.57. The van der Waals surface area contributed by atoms with Crippen molar-refractivity contribution in [2.75, 3.05) is 31.1 Å². The van der Waals surface area contributed by atoms with Crippen LogP contribution in [0.3, 0.4) is 0 Å². The quantitative estimate of drug-likeness (QED) is 0.383. The molecule has 1 fully saturated rings. The van der Waals surface area contributed by atoms with Crippen molar-refractivity contribution in [2.24, 2.45) is 0 Å². The number of aromatic nitrogens is 3. The molecule has 0 atom stereocenters. The van der Waals surface area contributed by atoms with Gasteiger partial charge in [0.15, 0.2) is 3.95 Å². The number of fused-ring (bicyclic) bond motifs is 1. The van der Waals surface area contributed by atoms with E-state index in [4.69, 9.17) is 17.2 Å². The summed E-state index contributed by atoms with van der Waals surface area (Å²) in [6.45, 7) is 8.43. The van der Waals surface area contributed by atoms with Gasteiger partial charge in [-0.25, -0.2) is 4.98 Å². The highest BCUT2D eigenvalue weighted by Gasteiger charge is 2.25. The average Bonchev–Trinajstić information content (AvgIpc) is 2.85. The van der Waals surface area contributed by atoms with Crippen molar-refractivity contribution < 1.29 is 0 Å². The minimum Gasteiger partial charge on any atom is -0.353 e. The Kier molecular flexibility index (Phi) is 6.64. The maximum atomic E-state index is 13.8. The fourth-order valence-electron chi connectivity index (χ4n) is 4.56. The standard InChI is InChI=1S/C26H27N5O2S2/c1-3-30-21(32)16-20(35-26(30)34)22-24(27-23-18(2)8-7-11-31(23)25(22)33)29-14-12-28(13-15-29)17-19-9-5-4-6-10-19/h4-11,16H,3,12-15,17H2,1-2H3. The van der Waals surface area contributed by atoms with Gasteiger partial charge in [-0.1, -0.05) is 36.4 Å². The van der Waals surface area contributed by atoms with Crippen LogP contribution in [-0.2, 0) is 13.1 Å². The molecule has 1 saturated heterocycles. The molecule has 4 aromatic rings. The van der Waals surface area contributed by atoms with Gasteiger partial charge in [0, 0.05) is 51.5 Å². The van der Waals surface area contributed by atoms with Crippen molar-refractivity contribution >= 4 is 35.0 Å². The molecule has 3 aromatic heterocycles. The molecule has 1 aromatic carbocycles. The van der Waals surface area contributed by atoms with Crippen LogP contribution in [-0.4, -0.2) is 45.0 Å². The van der Waals surface area contributed by atoms with Gasteiger partial charge in [-0.2, -0.15) is 0 Å². The Bertz CT molecular complexity index is 1520. The highest BCUT2D eigenvalue weighted by molar-refractivity contribution is 7.73. The van der Waals surface area contributed by atoms with Crippen LogP contribution in [0.15, 0.2) is 64.3 Å². The van der Waals surface area contributed by atoms with E-state index in [0.717, 1.165) is 38.3 Å². The summed E-state index contributed by atoms with van der Waals surface area (Å²) >= 11 is 6.79. The summed E-state index contributed by atoms with van der Waals surface area (Å²) in [5.74, 6) is 0.628. The second-order valence-electron chi connectivity index (χ2n) is 8.71. The Balaban J connectivity index is 1.57. The number of hydrogen-bond donors (Lipinski definition) is 0. The van der Waals surface area contributed by atoms with E-state index in [1.807, 2.05) is 32.0 Å². The molecule has 0 N–H and O–H groups in total. The van der Waals surface area contributed by atoms with Crippen LogP contribution in [0, 0.1) is 10.9 Å². The highest BCUT2D eigenvalue weighted by Crippen LogP contribution is 2.30. The van der Waals surface area contributed by atoms with Crippen LogP contribution in [0.25, 0.3) is 16.1 Å². The number of anilines is 1. The molecule has 0 spiro atoms. The van der Waals surface area contributed by atoms with E-state index in [-0.39, 0.29) is 11.1 Å². The van der Waals surface area contributed by atoms with E-state index >= 15 is 0 Å². The second-order valence-corrected chi connectivity index (χ2v) is 10.4. The van der Waals surface area contributed by atoms with Crippen molar-refractivity contribution in [1.29, 1.82) is 0 Å².